The fraction of sp³-hybridized carbons (Fsp3) is 0.133. The van der Waals surface area contributed by atoms with Gasteiger partial charge in [0.15, 0.2) is 5.76 Å². The molecular formula is C15H10ClF3N2O5S. The van der Waals surface area contributed by atoms with E-state index in [0.717, 1.165) is 12.1 Å². The second-order valence-corrected chi connectivity index (χ2v) is 7.17. The van der Waals surface area contributed by atoms with Crippen LogP contribution < -0.4 is 9.46 Å². The molecule has 1 N–H and O–H groups in total. The molecule has 0 aliphatic heterocycles. The predicted molar refractivity (Wildman–Crippen MR) is 88.0 cm³/mol. The quantitative estimate of drug-likeness (QED) is 0.654. The Hall–Kier alpha value is -2.66. The van der Waals surface area contributed by atoms with Gasteiger partial charge in [-0.25, -0.2) is 0 Å². The lowest BCUT2D eigenvalue weighted by Crippen LogP contribution is -2.12. The second-order valence-electron chi connectivity index (χ2n) is 5.15. The molecule has 2 aromatic heterocycles. The Balaban J connectivity index is 1.84. The summed E-state index contributed by atoms with van der Waals surface area (Å²) in [5.74, 6) is -1.18. The van der Waals surface area contributed by atoms with Crippen LogP contribution in [0.15, 0.2) is 50.4 Å². The monoisotopic (exact) mass is 422 g/mol. The third kappa shape index (κ3) is 4.03. The van der Waals surface area contributed by atoms with E-state index < -0.39 is 27.1 Å². The van der Waals surface area contributed by atoms with Crippen LogP contribution in [0.5, 0.6) is 5.75 Å². The number of halogens is 4. The van der Waals surface area contributed by atoms with E-state index in [-0.39, 0.29) is 22.2 Å². The van der Waals surface area contributed by atoms with Crippen molar-refractivity contribution in [3.63, 3.8) is 0 Å². The summed E-state index contributed by atoms with van der Waals surface area (Å²) in [6, 6.07) is 7.04. The van der Waals surface area contributed by atoms with Crippen molar-refractivity contribution >= 4 is 27.3 Å². The van der Waals surface area contributed by atoms with Gasteiger partial charge >= 0.3 is 6.18 Å². The summed E-state index contributed by atoms with van der Waals surface area (Å²) in [6.45, 7) is 0. The second kappa shape index (κ2) is 6.82. The van der Waals surface area contributed by atoms with Crippen LogP contribution in [0.4, 0.5) is 18.9 Å². The summed E-state index contributed by atoms with van der Waals surface area (Å²) in [5, 5.41) is 2.88. The average Bonchev–Trinajstić information content (AvgIpc) is 3.24. The highest BCUT2D eigenvalue weighted by molar-refractivity contribution is 7.92. The number of hydrogen-bond donors (Lipinski definition) is 1. The maximum absolute atomic E-state index is 12.6. The van der Waals surface area contributed by atoms with Crippen molar-refractivity contribution in [2.24, 2.45) is 0 Å². The minimum atomic E-state index is -4.72. The highest BCUT2D eigenvalue weighted by Gasteiger charge is 2.36. The number of rotatable bonds is 5. The molecular weight excluding hydrogens is 413 g/mol. The van der Waals surface area contributed by atoms with Gasteiger partial charge in [-0.15, -0.1) is 0 Å². The van der Waals surface area contributed by atoms with Crippen LogP contribution in [0.2, 0.25) is 5.02 Å². The molecule has 12 heteroatoms. The van der Waals surface area contributed by atoms with Crippen LogP contribution in [0.1, 0.15) is 5.76 Å². The van der Waals surface area contributed by atoms with Crippen molar-refractivity contribution in [3.05, 3.63) is 47.2 Å². The fourth-order valence-corrected chi connectivity index (χ4v) is 3.30. The third-order valence-electron chi connectivity index (χ3n) is 3.29. The average molecular weight is 423 g/mol. The standard InChI is InChI=1S/C15H10ClF3N2O5S/c1-24-11-3-2-8(6-9(11)16)21-27(22,23)14-5-4-12(25-14)10-7-13(26-20-10)15(17,18)19/h2-7,21H,1H3. The molecule has 0 amide bonds. The molecule has 2 heterocycles. The van der Waals surface area contributed by atoms with Crippen molar-refractivity contribution < 1.29 is 35.3 Å². The number of anilines is 1. The van der Waals surface area contributed by atoms with E-state index in [1.165, 1.54) is 25.3 Å². The number of nitrogens with one attached hydrogen (secondary N) is 1. The van der Waals surface area contributed by atoms with E-state index in [4.69, 9.17) is 20.8 Å². The molecule has 0 spiro atoms. The Labute approximate surface area is 155 Å². The molecule has 3 aromatic rings. The lowest BCUT2D eigenvalue weighted by molar-refractivity contribution is -0.155. The first kappa shape index (κ1) is 19.1. The summed E-state index contributed by atoms with van der Waals surface area (Å²) < 4.78 is 78.9. The molecule has 0 aliphatic carbocycles. The topological polar surface area (TPSA) is 94.6 Å². The van der Waals surface area contributed by atoms with Gasteiger partial charge in [0.1, 0.15) is 11.4 Å². The third-order valence-corrected chi connectivity index (χ3v) is 4.84. The van der Waals surface area contributed by atoms with E-state index in [1.807, 2.05) is 0 Å². The van der Waals surface area contributed by atoms with Crippen LogP contribution in [-0.4, -0.2) is 20.7 Å². The zero-order valence-electron chi connectivity index (χ0n) is 13.4. The molecule has 3 rings (SSSR count). The fourth-order valence-electron chi connectivity index (χ4n) is 2.06. The lowest BCUT2D eigenvalue weighted by atomic mass is 10.3. The van der Waals surface area contributed by atoms with Crippen molar-refractivity contribution in [3.8, 4) is 17.2 Å². The molecule has 0 atom stereocenters. The van der Waals surface area contributed by atoms with Crippen molar-refractivity contribution in [2.75, 3.05) is 11.8 Å². The minimum absolute atomic E-state index is 0.138. The zero-order valence-corrected chi connectivity index (χ0v) is 14.9. The molecule has 0 unspecified atom stereocenters. The van der Waals surface area contributed by atoms with E-state index in [0.29, 0.717) is 11.8 Å². The molecule has 0 saturated carbocycles. The summed E-state index contributed by atoms with van der Waals surface area (Å²) in [5.41, 5.74) is -0.157. The van der Waals surface area contributed by atoms with Crippen LogP contribution >= 0.6 is 11.6 Å². The SMILES string of the molecule is COc1ccc(NS(=O)(=O)c2ccc(-c3cc(C(F)(F)F)on3)o2)cc1Cl. The summed E-state index contributed by atoms with van der Waals surface area (Å²) >= 11 is 5.93. The number of aromatic nitrogens is 1. The van der Waals surface area contributed by atoms with Crippen LogP contribution in [0.3, 0.4) is 0 Å². The molecule has 0 aliphatic rings. The van der Waals surface area contributed by atoms with Crippen LogP contribution in [-0.2, 0) is 16.2 Å². The Morgan fingerprint density at radius 3 is 2.52 bits per heavy atom. The molecule has 0 fully saturated rings. The first-order valence-corrected chi connectivity index (χ1v) is 8.97. The Morgan fingerprint density at radius 1 is 1.19 bits per heavy atom. The van der Waals surface area contributed by atoms with Gasteiger partial charge < -0.3 is 13.7 Å². The number of ether oxygens (including phenoxy) is 1. The number of furan rings is 1. The molecule has 0 radical (unpaired) electrons. The van der Waals surface area contributed by atoms with Gasteiger partial charge in [0.25, 0.3) is 10.0 Å². The van der Waals surface area contributed by atoms with Gasteiger partial charge in [-0.1, -0.05) is 16.8 Å². The van der Waals surface area contributed by atoms with Gasteiger partial charge in [0.05, 0.1) is 17.8 Å². The van der Waals surface area contributed by atoms with Crippen LogP contribution in [0, 0.1) is 0 Å². The Morgan fingerprint density at radius 2 is 1.93 bits per heavy atom. The molecule has 0 bridgehead atoms. The number of benzene rings is 1. The smallest absolute Gasteiger partial charge is 0.452 e. The number of nitrogens with zero attached hydrogens (tertiary/aromatic N) is 1. The van der Waals surface area contributed by atoms with Crippen molar-refractivity contribution in [1.82, 2.24) is 5.16 Å². The van der Waals surface area contributed by atoms with Crippen molar-refractivity contribution in [2.45, 2.75) is 11.3 Å². The Kier molecular flexibility index (Phi) is 4.82. The van der Waals surface area contributed by atoms with Gasteiger partial charge in [-0.2, -0.15) is 21.6 Å². The highest BCUT2D eigenvalue weighted by Crippen LogP contribution is 2.33. The molecule has 144 valence electrons. The predicted octanol–water partition coefficient (Wildman–Crippen LogP) is 4.42. The van der Waals surface area contributed by atoms with Gasteiger partial charge in [-0.05, 0) is 30.3 Å². The van der Waals surface area contributed by atoms with Gasteiger partial charge in [0, 0.05) is 6.07 Å². The number of alkyl halides is 3. The molecule has 27 heavy (non-hydrogen) atoms. The maximum Gasteiger partial charge on any atom is 0.452 e. The zero-order chi connectivity index (χ0) is 19.8. The lowest BCUT2D eigenvalue weighted by Gasteiger charge is -2.08. The molecule has 0 saturated heterocycles. The number of sulfonamides is 1. The highest BCUT2D eigenvalue weighted by atomic mass is 35.5. The van der Waals surface area contributed by atoms with E-state index >= 15 is 0 Å². The molecule has 7 nitrogen and oxygen atoms in total. The first-order chi connectivity index (χ1) is 12.6. The van der Waals surface area contributed by atoms with Gasteiger partial charge in [-0.3, -0.25) is 4.72 Å². The van der Waals surface area contributed by atoms with E-state index in [1.54, 1.807) is 0 Å². The number of hydrogen-bond acceptors (Lipinski definition) is 6. The van der Waals surface area contributed by atoms with Crippen LogP contribution in [0.25, 0.3) is 11.5 Å². The summed E-state index contributed by atoms with van der Waals surface area (Å²) in [6.07, 6.45) is -4.72. The maximum atomic E-state index is 12.6. The first-order valence-electron chi connectivity index (χ1n) is 7.10. The molecule has 1 aromatic carbocycles. The normalized spacial score (nSPS) is 12.2. The van der Waals surface area contributed by atoms with Gasteiger partial charge in [0.2, 0.25) is 10.9 Å². The van der Waals surface area contributed by atoms with E-state index in [9.17, 15) is 21.6 Å². The summed E-state index contributed by atoms with van der Waals surface area (Å²) in [7, 11) is -2.75. The van der Waals surface area contributed by atoms with E-state index in [2.05, 4.69) is 14.4 Å². The largest absolute Gasteiger partial charge is 0.495 e. The Bertz CT molecular complexity index is 1080. The number of methoxy groups -OCH3 is 1. The summed E-state index contributed by atoms with van der Waals surface area (Å²) in [4.78, 5) is 0. The minimum Gasteiger partial charge on any atom is -0.495 e. The van der Waals surface area contributed by atoms with Crippen molar-refractivity contribution in [1.29, 1.82) is 0 Å².